The Labute approximate surface area is 177 Å². The third-order valence-corrected chi connectivity index (χ3v) is 4.76. The zero-order valence-corrected chi connectivity index (χ0v) is 17.1. The second-order valence-electron chi connectivity index (χ2n) is 6.88. The van der Waals surface area contributed by atoms with E-state index in [2.05, 4.69) is 4.74 Å². The molecule has 1 heterocycles. The van der Waals surface area contributed by atoms with E-state index in [4.69, 9.17) is 4.74 Å². The maximum absolute atomic E-state index is 13.8. The number of aryl methyl sites for hydroxylation is 1. The largest absolute Gasteiger partial charge is 0.451 e. The molecule has 0 fully saturated rings. The van der Waals surface area contributed by atoms with Crippen LogP contribution in [-0.2, 0) is 4.74 Å². The Balaban J connectivity index is 1.81. The lowest BCUT2D eigenvalue weighted by Crippen LogP contribution is -2.25. The smallest absolute Gasteiger partial charge is 0.387 e. The molecule has 0 saturated carbocycles. The van der Waals surface area contributed by atoms with Crippen LogP contribution in [0.4, 0.5) is 13.2 Å². The highest BCUT2D eigenvalue weighted by atomic mass is 19.3. The van der Waals surface area contributed by atoms with Crippen LogP contribution in [0.5, 0.6) is 5.75 Å². The first-order chi connectivity index (χ1) is 14.7. The van der Waals surface area contributed by atoms with E-state index in [1.807, 2.05) is 0 Å². The molecule has 0 aliphatic carbocycles. The zero-order chi connectivity index (χ0) is 22.7. The first-order valence-corrected chi connectivity index (χ1v) is 9.43. The summed E-state index contributed by atoms with van der Waals surface area (Å²) in [6.45, 7) is 2.00. The van der Waals surface area contributed by atoms with Crippen LogP contribution >= 0.6 is 0 Å². The van der Waals surface area contributed by atoms with Crippen LogP contribution in [-0.4, -0.2) is 29.0 Å². The van der Waals surface area contributed by atoms with Crippen molar-refractivity contribution in [2.24, 2.45) is 0 Å². The highest BCUT2D eigenvalue weighted by molar-refractivity contribution is 6.02. The highest BCUT2D eigenvalue weighted by Crippen LogP contribution is 2.25. The predicted molar refractivity (Wildman–Crippen MR) is 107 cm³/mol. The zero-order valence-electron chi connectivity index (χ0n) is 17.1. The highest BCUT2D eigenvalue weighted by Gasteiger charge is 2.25. The first kappa shape index (κ1) is 22.1. The van der Waals surface area contributed by atoms with Gasteiger partial charge in [0.1, 0.15) is 11.6 Å². The van der Waals surface area contributed by atoms with Gasteiger partial charge in [0.15, 0.2) is 6.10 Å². The van der Waals surface area contributed by atoms with E-state index in [9.17, 15) is 22.8 Å². The van der Waals surface area contributed by atoms with E-state index in [0.29, 0.717) is 16.9 Å². The maximum Gasteiger partial charge on any atom is 0.387 e. The maximum atomic E-state index is 13.8. The van der Waals surface area contributed by atoms with Crippen molar-refractivity contribution in [3.05, 3.63) is 82.9 Å². The summed E-state index contributed by atoms with van der Waals surface area (Å²) in [5.41, 5.74) is 2.03. The van der Waals surface area contributed by atoms with Crippen molar-refractivity contribution in [1.82, 2.24) is 4.57 Å². The number of halogens is 3. The van der Waals surface area contributed by atoms with Gasteiger partial charge in [-0.15, -0.1) is 0 Å². The molecule has 2 aromatic carbocycles. The van der Waals surface area contributed by atoms with Crippen molar-refractivity contribution in [2.75, 3.05) is 0 Å². The van der Waals surface area contributed by atoms with Gasteiger partial charge in [-0.3, -0.25) is 4.79 Å². The number of carbonyl (C=O) groups excluding carboxylic acids is 2. The summed E-state index contributed by atoms with van der Waals surface area (Å²) in [5, 5.41) is 0. The number of benzene rings is 2. The Morgan fingerprint density at radius 3 is 2.23 bits per heavy atom. The lowest BCUT2D eigenvalue weighted by atomic mass is 10.1. The first-order valence-electron chi connectivity index (χ1n) is 9.43. The van der Waals surface area contributed by atoms with E-state index in [0.717, 1.165) is 11.8 Å². The van der Waals surface area contributed by atoms with E-state index >= 15 is 0 Å². The number of hydrogen-bond acceptors (Lipinski definition) is 4. The van der Waals surface area contributed by atoms with Gasteiger partial charge in [-0.25, -0.2) is 9.18 Å². The Morgan fingerprint density at radius 2 is 1.61 bits per heavy atom. The van der Waals surface area contributed by atoms with Gasteiger partial charge in [-0.05, 0) is 63.2 Å². The van der Waals surface area contributed by atoms with Crippen molar-refractivity contribution in [3.63, 3.8) is 0 Å². The second-order valence-corrected chi connectivity index (χ2v) is 6.88. The Kier molecular flexibility index (Phi) is 6.48. The Bertz CT molecular complexity index is 1110. The number of aromatic nitrogens is 1. The minimum atomic E-state index is -2.92. The molecule has 162 valence electrons. The summed E-state index contributed by atoms with van der Waals surface area (Å²) in [6, 6.07) is 13.0. The molecule has 1 unspecified atom stereocenters. The van der Waals surface area contributed by atoms with E-state index < -0.39 is 30.3 Å². The van der Waals surface area contributed by atoms with E-state index in [1.165, 1.54) is 37.3 Å². The molecule has 8 heteroatoms. The normalized spacial score (nSPS) is 12.0. The number of rotatable bonds is 7. The quantitative estimate of drug-likeness (QED) is 0.378. The fourth-order valence-electron chi connectivity index (χ4n) is 3.31. The van der Waals surface area contributed by atoms with E-state index in [1.54, 1.807) is 36.6 Å². The molecule has 1 atom stereocenters. The van der Waals surface area contributed by atoms with Crippen LogP contribution < -0.4 is 4.74 Å². The third kappa shape index (κ3) is 4.79. The van der Waals surface area contributed by atoms with Crippen LogP contribution in [0.15, 0.2) is 54.6 Å². The Hall–Kier alpha value is -3.55. The van der Waals surface area contributed by atoms with Crippen molar-refractivity contribution >= 4 is 11.8 Å². The summed E-state index contributed by atoms with van der Waals surface area (Å²) in [7, 11) is 0. The molecule has 0 amide bonds. The third-order valence-electron chi connectivity index (χ3n) is 4.76. The number of alkyl halides is 2. The lowest BCUT2D eigenvalue weighted by Gasteiger charge is -2.14. The van der Waals surface area contributed by atoms with Crippen molar-refractivity contribution in [3.8, 4) is 11.4 Å². The monoisotopic (exact) mass is 431 g/mol. The van der Waals surface area contributed by atoms with Crippen LogP contribution in [0.2, 0.25) is 0 Å². The number of carbonyl (C=O) groups is 2. The van der Waals surface area contributed by atoms with Crippen molar-refractivity contribution in [1.29, 1.82) is 0 Å². The summed E-state index contributed by atoms with van der Waals surface area (Å²) in [4.78, 5) is 25.1. The second kappa shape index (κ2) is 9.07. The average molecular weight is 431 g/mol. The van der Waals surface area contributed by atoms with Crippen LogP contribution in [0.25, 0.3) is 5.69 Å². The topological polar surface area (TPSA) is 57.5 Å². The molecular weight excluding hydrogens is 411 g/mol. The fourth-order valence-corrected chi connectivity index (χ4v) is 3.31. The van der Waals surface area contributed by atoms with Gasteiger partial charge in [0, 0.05) is 22.6 Å². The van der Waals surface area contributed by atoms with Gasteiger partial charge in [0.2, 0.25) is 5.78 Å². The minimum absolute atomic E-state index is 0.0196. The average Bonchev–Trinajstić information content (AvgIpc) is 3.02. The minimum Gasteiger partial charge on any atom is -0.451 e. The van der Waals surface area contributed by atoms with Gasteiger partial charge in [-0.2, -0.15) is 8.78 Å². The molecule has 3 rings (SSSR count). The number of ketones is 1. The summed E-state index contributed by atoms with van der Waals surface area (Å²) in [5.74, 6) is -2.08. The van der Waals surface area contributed by atoms with Crippen molar-refractivity contribution < 1.29 is 32.2 Å². The summed E-state index contributed by atoms with van der Waals surface area (Å²) < 4.78 is 49.7. The number of hydrogen-bond donors (Lipinski definition) is 0. The molecule has 5 nitrogen and oxygen atoms in total. The van der Waals surface area contributed by atoms with Gasteiger partial charge in [-0.1, -0.05) is 12.1 Å². The summed E-state index contributed by atoms with van der Waals surface area (Å²) in [6.07, 6.45) is -1.14. The fraction of sp³-hybridized carbons (Fsp3) is 0.217. The molecule has 0 saturated heterocycles. The molecule has 0 radical (unpaired) electrons. The van der Waals surface area contributed by atoms with E-state index in [-0.39, 0.29) is 11.3 Å². The predicted octanol–water partition coefficient (Wildman–Crippen LogP) is 5.26. The SMILES string of the molecule is Cc1cc(C(=O)C(C)OC(=O)c2ccccc2F)c(C)n1-c1ccc(OC(F)F)cc1. The Morgan fingerprint density at radius 1 is 0.968 bits per heavy atom. The molecule has 0 N–H and O–H groups in total. The molecular formula is C23H20F3NO4. The molecule has 0 aliphatic rings. The molecule has 0 bridgehead atoms. The molecule has 1 aromatic heterocycles. The van der Waals surface area contributed by atoms with Gasteiger partial charge in [0.25, 0.3) is 0 Å². The molecule has 0 aliphatic heterocycles. The van der Waals surface area contributed by atoms with Crippen molar-refractivity contribution in [2.45, 2.75) is 33.5 Å². The van der Waals surface area contributed by atoms with Crippen LogP contribution in [0.3, 0.4) is 0 Å². The molecule has 3 aromatic rings. The van der Waals surface area contributed by atoms with Gasteiger partial charge < -0.3 is 14.0 Å². The summed E-state index contributed by atoms with van der Waals surface area (Å²) >= 11 is 0. The van der Waals surface area contributed by atoms with Gasteiger partial charge >= 0.3 is 12.6 Å². The van der Waals surface area contributed by atoms with Gasteiger partial charge in [0.05, 0.1) is 5.56 Å². The lowest BCUT2D eigenvalue weighted by molar-refractivity contribution is -0.0498. The number of nitrogens with zero attached hydrogens (tertiary/aromatic N) is 1. The van der Waals surface area contributed by atoms with Crippen LogP contribution in [0, 0.1) is 19.7 Å². The molecule has 31 heavy (non-hydrogen) atoms. The van der Waals surface area contributed by atoms with Crippen LogP contribution in [0.1, 0.15) is 39.0 Å². The standard InChI is InChI=1S/C23H20F3NO4/c1-13-12-19(14(2)27(13)16-8-10-17(11-9-16)31-23(25)26)21(28)15(3)30-22(29)18-6-4-5-7-20(18)24/h4-12,15,23H,1-3H3. The molecule has 0 spiro atoms. The number of ether oxygens (including phenoxy) is 2. The number of Topliss-reactive ketones (excluding diaryl/α,β-unsaturated/α-hetero) is 1. The number of esters is 1.